The molecule has 0 fully saturated rings. The van der Waals surface area contributed by atoms with Crippen LogP contribution in [0.3, 0.4) is 0 Å². The molecule has 1 aliphatic rings. The van der Waals surface area contributed by atoms with Gasteiger partial charge in [0.05, 0.1) is 6.54 Å². The van der Waals surface area contributed by atoms with Crippen LogP contribution >= 0.6 is 15.9 Å². The first-order valence-corrected chi connectivity index (χ1v) is 9.97. The van der Waals surface area contributed by atoms with Crippen LogP contribution in [0.2, 0.25) is 0 Å². The Bertz CT molecular complexity index is 693. The molecular formula is C20H26BrN3. The number of halogens is 1. The van der Waals surface area contributed by atoms with Crippen LogP contribution < -0.4 is 5.32 Å². The molecule has 0 aliphatic carbocycles. The lowest BCUT2D eigenvalue weighted by Gasteiger charge is -2.25. The van der Waals surface area contributed by atoms with E-state index >= 15 is 0 Å². The van der Waals surface area contributed by atoms with E-state index in [1.165, 1.54) is 22.2 Å². The Hall–Kier alpha value is -1.39. The van der Waals surface area contributed by atoms with E-state index in [0.29, 0.717) is 5.92 Å². The Morgan fingerprint density at radius 2 is 2.00 bits per heavy atom. The molecule has 3 nitrogen and oxygen atoms in total. The van der Waals surface area contributed by atoms with E-state index in [-0.39, 0.29) is 0 Å². The largest absolute Gasteiger partial charge is 0.358 e. The minimum atomic E-state index is 0.342. The van der Waals surface area contributed by atoms with Crippen molar-refractivity contribution in [1.82, 2.24) is 10.2 Å². The fraction of sp³-hybridized carbons (Fsp3) is 0.450. The predicted octanol–water partition coefficient (Wildman–Crippen LogP) is 4.03. The van der Waals surface area contributed by atoms with Gasteiger partial charge in [-0.15, -0.1) is 0 Å². The molecule has 128 valence electrons. The Balaban J connectivity index is 1.70. The van der Waals surface area contributed by atoms with Crippen molar-refractivity contribution in [1.29, 1.82) is 0 Å². The summed E-state index contributed by atoms with van der Waals surface area (Å²) < 4.78 is 0. The van der Waals surface area contributed by atoms with E-state index in [1.807, 2.05) is 0 Å². The predicted molar refractivity (Wildman–Crippen MR) is 108 cm³/mol. The van der Waals surface area contributed by atoms with Crippen molar-refractivity contribution in [3.8, 4) is 0 Å². The van der Waals surface area contributed by atoms with Crippen molar-refractivity contribution in [2.45, 2.75) is 19.3 Å². The fourth-order valence-electron chi connectivity index (χ4n) is 3.49. The topological polar surface area (TPSA) is 27.6 Å². The highest BCUT2D eigenvalue weighted by Gasteiger charge is 2.24. The number of fused-ring (bicyclic) bond motifs is 1. The maximum Gasteiger partial charge on any atom is 0.106 e. The number of amidine groups is 1. The first kappa shape index (κ1) is 17.4. The molecule has 0 saturated heterocycles. The van der Waals surface area contributed by atoms with Gasteiger partial charge in [0, 0.05) is 30.9 Å². The monoisotopic (exact) mass is 387 g/mol. The number of nitrogens with zero attached hydrogens (tertiary/aromatic N) is 2. The molecule has 4 heteroatoms. The summed E-state index contributed by atoms with van der Waals surface area (Å²) in [5.41, 5.74) is 1.39. The van der Waals surface area contributed by atoms with Gasteiger partial charge in [-0.1, -0.05) is 65.3 Å². The quantitative estimate of drug-likeness (QED) is 0.546. The van der Waals surface area contributed by atoms with Crippen LogP contribution in [-0.2, 0) is 0 Å². The average Bonchev–Trinajstić information content (AvgIpc) is 3.09. The van der Waals surface area contributed by atoms with E-state index in [4.69, 9.17) is 4.99 Å². The van der Waals surface area contributed by atoms with Crippen molar-refractivity contribution in [3.63, 3.8) is 0 Å². The lowest BCUT2D eigenvalue weighted by Crippen LogP contribution is -2.33. The molecule has 1 unspecified atom stereocenters. The van der Waals surface area contributed by atoms with Gasteiger partial charge in [-0.25, -0.2) is 0 Å². The van der Waals surface area contributed by atoms with Crippen LogP contribution in [0.1, 0.15) is 24.8 Å². The van der Waals surface area contributed by atoms with Gasteiger partial charge in [-0.3, -0.25) is 4.99 Å². The van der Waals surface area contributed by atoms with E-state index in [1.54, 1.807) is 0 Å². The number of hydrogen-bond acceptors (Lipinski definition) is 3. The SMILES string of the molecule is CC(C1=NCCN1CCCNCCBr)c1cccc2ccccc12. The van der Waals surface area contributed by atoms with E-state index in [9.17, 15) is 0 Å². The number of aliphatic imine (C=N–C) groups is 1. The molecule has 0 bridgehead atoms. The second kappa shape index (κ2) is 8.63. The zero-order valence-electron chi connectivity index (χ0n) is 14.3. The van der Waals surface area contributed by atoms with Crippen LogP contribution in [0.4, 0.5) is 0 Å². The Labute approximate surface area is 153 Å². The number of hydrogen-bond donors (Lipinski definition) is 1. The molecule has 2 aromatic carbocycles. The number of nitrogens with one attached hydrogen (secondary N) is 1. The standard InChI is InChI=1S/C20H26BrN3/c1-16(18-9-4-7-17-6-2-3-8-19(17)18)20-23-13-15-24(20)14-5-11-22-12-10-21/h2-4,6-9,16,22H,5,10-15H2,1H3. The van der Waals surface area contributed by atoms with Gasteiger partial charge in [0.15, 0.2) is 0 Å². The summed E-state index contributed by atoms with van der Waals surface area (Å²) in [6, 6.07) is 15.3. The first-order chi connectivity index (χ1) is 11.8. The summed E-state index contributed by atoms with van der Waals surface area (Å²) in [6.45, 7) is 7.47. The van der Waals surface area contributed by atoms with Crippen molar-refractivity contribution in [2.75, 3.05) is 38.1 Å². The molecule has 0 aromatic heterocycles. The zero-order chi connectivity index (χ0) is 16.8. The second-order valence-electron chi connectivity index (χ2n) is 6.31. The van der Waals surface area contributed by atoms with Crippen molar-refractivity contribution in [2.24, 2.45) is 4.99 Å². The van der Waals surface area contributed by atoms with E-state index in [2.05, 4.69) is 75.5 Å². The maximum absolute atomic E-state index is 4.83. The van der Waals surface area contributed by atoms with Gasteiger partial charge in [-0.05, 0) is 29.3 Å². The third-order valence-electron chi connectivity index (χ3n) is 4.70. The van der Waals surface area contributed by atoms with Crippen molar-refractivity contribution < 1.29 is 0 Å². The molecule has 2 aromatic rings. The Kier molecular flexibility index (Phi) is 6.27. The number of alkyl halides is 1. The smallest absolute Gasteiger partial charge is 0.106 e. The van der Waals surface area contributed by atoms with Crippen LogP contribution in [0.5, 0.6) is 0 Å². The molecule has 24 heavy (non-hydrogen) atoms. The Morgan fingerprint density at radius 1 is 1.17 bits per heavy atom. The van der Waals surface area contributed by atoms with Gasteiger partial charge < -0.3 is 10.2 Å². The van der Waals surface area contributed by atoms with Crippen molar-refractivity contribution >= 4 is 32.5 Å². The molecular weight excluding hydrogens is 362 g/mol. The van der Waals surface area contributed by atoms with Gasteiger partial charge in [0.25, 0.3) is 0 Å². The first-order valence-electron chi connectivity index (χ1n) is 8.85. The molecule has 3 rings (SSSR count). The highest BCUT2D eigenvalue weighted by atomic mass is 79.9. The van der Waals surface area contributed by atoms with Crippen molar-refractivity contribution in [3.05, 3.63) is 48.0 Å². The molecule has 0 spiro atoms. The van der Waals surface area contributed by atoms with E-state index < -0.39 is 0 Å². The minimum absolute atomic E-state index is 0.342. The van der Waals surface area contributed by atoms with Gasteiger partial charge >= 0.3 is 0 Å². The highest BCUT2D eigenvalue weighted by Crippen LogP contribution is 2.28. The summed E-state index contributed by atoms with van der Waals surface area (Å²) in [4.78, 5) is 7.30. The number of rotatable bonds is 8. The Morgan fingerprint density at radius 3 is 2.88 bits per heavy atom. The molecule has 1 atom stereocenters. The summed E-state index contributed by atoms with van der Waals surface area (Å²) in [5.74, 6) is 1.60. The lowest BCUT2D eigenvalue weighted by molar-refractivity contribution is 0.429. The maximum atomic E-state index is 4.83. The van der Waals surface area contributed by atoms with Crippen LogP contribution in [0.15, 0.2) is 47.5 Å². The summed E-state index contributed by atoms with van der Waals surface area (Å²) in [5, 5.41) is 7.12. The van der Waals surface area contributed by atoms with Gasteiger partial charge in [0.2, 0.25) is 0 Å². The second-order valence-corrected chi connectivity index (χ2v) is 7.10. The molecule has 1 heterocycles. The third-order valence-corrected chi connectivity index (χ3v) is 5.09. The summed E-state index contributed by atoms with van der Waals surface area (Å²) >= 11 is 3.45. The van der Waals surface area contributed by atoms with Crippen LogP contribution in [-0.4, -0.2) is 48.8 Å². The zero-order valence-corrected chi connectivity index (χ0v) is 15.9. The normalized spacial score (nSPS) is 15.8. The van der Waals surface area contributed by atoms with Gasteiger partial charge in [-0.2, -0.15) is 0 Å². The van der Waals surface area contributed by atoms with E-state index in [0.717, 1.165) is 44.5 Å². The summed E-state index contributed by atoms with van der Waals surface area (Å²) in [7, 11) is 0. The molecule has 1 N–H and O–H groups in total. The molecule has 0 radical (unpaired) electrons. The fourth-order valence-corrected chi connectivity index (χ4v) is 3.77. The van der Waals surface area contributed by atoms with Crippen LogP contribution in [0.25, 0.3) is 10.8 Å². The highest BCUT2D eigenvalue weighted by molar-refractivity contribution is 9.09. The molecule has 0 saturated carbocycles. The third kappa shape index (κ3) is 3.98. The lowest BCUT2D eigenvalue weighted by atomic mass is 9.93. The molecule has 0 amide bonds. The minimum Gasteiger partial charge on any atom is -0.358 e. The molecule has 1 aliphatic heterocycles. The number of benzene rings is 2. The van der Waals surface area contributed by atoms with Gasteiger partial charge in [0.1, 0.15) is 5.84 Å². The average molecular weight is 388 g/mol. The van der Waals surface area contributed by atoms with Crippen LogP contribution in [0, 0.1) is 0 Å². The summed E-state index contributed by atoms with van der Waals surface area (Å²) in [6.07, 6.45) is 1.16.